The van der Waals surface area contributed by atoms with Gasteiger partial charge in [-0.3, -0.25) is 9.69 Å². The molecule has 4 heteroatoms. The highest BCUT2D eigenvalue weighted by molar-refractivity contribution is 5.66. The van der Waals surface area contributed by atoms with Crippen LogP contribution >= 0.6 is 0 Å². The van der Waals surface area contributed by atoms with Crippen molar-refractivity contribution in [3.8, 4) is 0 Å². The van der Waals surface area contributed by atoms with Gasteiger partial charge in [0, 0.05) is 26.2 Å². The molecule has 1 aliphatic carbocycles. The van der Waals surface area contributed by atoms with Gasteiger partial charge >= 0.3 is 5.97 Å². The van der Waals surface area contributed by atoms with Gasteiger partial charge in [0.2, 0.25) is 0 Å². The van der Waals surface area contributed by atoms with Crippen LogP contribution in [0.1, 0.15) is 31.2 Å². The Hall–Kier alpha value is -1.39. The molecule has 0 aliphatic heterocycles. The van der Waals surface area contributed by atoms with Gasteiger partial charge in [-0.25, -0.2) is 0 Å². The number of benzene rings is 1. The number of ether oxygens (including phenoxy) is 1. The van der Waals surface area contributed by atoms with E-state index in [0.717, 1.165) is 25.8 Å². The molecule has 2 unspecified atom stereocenters. The van der Waals surface area contributed by atoms with Crippen LogP contribution in [0.15, 0.2) is 30.3 Å². The third kappa shape index (κ3) is 4.05. The summed E-state index contributed by atoms with van der Waals surface area (Å²) in [5.74, 6) is -0.741. The molecule has 0 spiro atoms. The van der Waals surface area contributed by atoms with Crippen LogP contribution in [0, 0.1) is 0 Å². The lowest BCUT2D eigenvalue weighted by molar-refractivity contribution is -0.137. The zero-order chi connectivity index (χ0) is 14.4. The molecule has 1 N–H and O–H groups in total. The highest BCUT2D eigenvalue weighted by Gasteiger charge is 2.32. The van der Waals surface area contributed by atoms with Crippen LogP contribution in [0.5, 0.6) is 0 Å². The summed E-state index contributed by atoms with van der Waals surface area (Å²) in [7, 11) is 1.75. The first-order valence-electron chi connectivity index (χ1n) is 7.23. The Morgan fingerprint density at radius 3 is 2.75 bits per heavy atom. The Balaban J connectivity index is 2.05. The van der Waals surface area contributed by atoms with Crippen LogP contribution < -0.4 is 0 Å². The lowest BCUT2D eigenvalue weighted by Crippen LogP contribution is -2.41. The van der Waals surface area contributed by atoms with Crippen molar-refractivity contribution in [3.05, 3.63) is 35.9 Å². The molecule has 2 rings (SSSR count). The van der Waals surface area contributed by atoms with Gasteiger partial charge in [0.15, 0.2) is 0 Å². The van der Waals surface area contributed by atoms with Crippen LogP contribution in [0.3, 0.4) is 0 Å². The molecule has 1 aromatic carbocycles. The second-order valence-corrected chi connectivity index (χ2v) is 5.37. The minimum atomic E-state index is -0.741. The van der Waals surface area contributed by atoms with E-state index >= 15 is 0 Å². The number of carboxylic acid groups (broad SMARTS) is 1. The second-order valence-electron chi connectivity index (χ2n) is 5.37. The Morgan fingerprint density at radius 2 is 2.10 bits per heavy atom. The molecule has 2 atom stereocenters. The Bertz CT molecular complexity index is 421. The zero-order valence-electron chi connectivity index (χ0n) is 12.0. The molecule has 1 fully saturated rings. The number of methoxy groups -OCH3 is 1. The van der Waals surface area contributed by atoms with E-state index < -0.39 is 5.97 Å². The zero-order valence-corrected chi connectivity index (χ0v) is 12.0. The smallest absolute Gasteiger partial charge is 0.304 e. The largest absolute Gasteiger partial charge is 0.481 e. The number of hydrogen-bond donors (Lipinski definition) is 1. The van der Waals surface area contributed by atoms with E-state index in [1.807, 2.05) is 18.2 Å². The van der Waals surface area contributed by atoms with E-state index in [9.17, 15) is 4.79 Å². The summed E-state index contributed by atoms with van der Waals surface area (Å²) in [4.78, 5) is 13.1. The molecule has 1 aromatic rings. The van der Waals surface area contributed by atoms with E-state index in [0.29, 0.717) is 12.6 Å². The predicted molar refractivity (Wildman–Crippen MR) is 77.5 cm³/mol. The molecule has 20 heavy (non-hydrogen) atoms. The number of rotatable bonds is 7. The maximum absolute atomic E-state index is 10.9. The highest BCUT2D eigenvalue weighted by atomic mass is 16.5. The number of nitrogens with zero attached hydrogens (tertiary/aromatic N) is 1. The summed E-state index contributed by atoms with van der Waals surface area (Å²) >= 11 is 0. The third-order valence-electron chi connectivity index (χ3n) is 4.03. The molecule has 4 nitrogen and oxygen atoms in total. The first-order valence-corrected chi connectivity index (χ1v) is 7.23. The molecule has 1 aliphatic rings. The second kappa shape index (κ2) is 7.41. The molecule has 0 amide bonds. The average Bonchev–Trinajstić information content (AvgIpc) is 2.92. The maximum atomic E-state index is 10.9. The molecular weight excluding hydrogens is 254 g/mol. The number of carboxylic acids is 1. The molecule has 0 aromatic heterocycles. The molecule has 1 saturated carbocycles. The van der Waals surface area contributed by atoms with Crippen LogP contribution in [0.25, 0.3) is 0 Å². The fourth-order valence-electron chi connectivity index (χ4n) is 3.02. The molecule has 110 valence electrons. The fourth-order valence-corrected chi connectivity index (χ4v) is 3.02. The normalized spacial score (nSPS) is 22.3. The van der Waals surface area contributed by atoms with Crippen molar-refractivity contribution in [2.75, 3.05) is 13.7 Å². The van der Waals surface area contributed by atoms with Crippen molar-refractivity contribution < 1.29 is 14.6 Å². The van der Waals surface area contributed by atoms with Crippen molar-refractivity contribution >= 4 is 5.97 Å². The van der Waals surface area contributed by atoms with Gasteiger partial charge in [0.25, 0.3) is 0 Å². The predicted octanol–water partition coefficient (Wildman–Crippen LogP) is 2.53. The molecular formula is C16H23NO3. The van der Waals surface area contributed by atoms with Gasteiger partial charge < -0.3 is 9.84 Å². The van der Waals surface area contributed by atoms with Gasteiger partial charge in [-0.05, 0) is 24.8 Å². The van der Waals surface area contributed by atoms with Gasteiger partial charge in [0.1, 0.15) is 0 Å². The van der Waals surface area contributed by atoms with E-state index in [-0.39, 0.29) is 12.5 Å². The third-order valence-corrected chi connectivity index (χ3v) is 4.03. The van der Waals surface area contributed by atoms with Gasteiger partial charge in [-0.15, -0.1) is 0 Å². The topological polar surface area (TPSA) is 49.8 Å². The van der Waals surface area contributed by atoms with E-state index in [1.54, 1.807) is 7.11 Å². The van der Waals surface area contributed by atoms with Gasteiger partial charge in [-0.2, -0.15) is 0 Å². The van der Waals surface area contributed by atoms with Crippen molar-refractivity contribution in [1.82, 2.24) is 4.90 Å². The highest BCUT2D eigenvalue weighted by Crippen LogP contribution is 2.27. The SMILES string of the molecule is COC1CCCC1N(CCC(=O)O)Cc1ccccc1. The summed E-state index contributed by atoms with van der Waals surface area (Å²) in [5.41, 5.74) is 1.22. The minimum absolute atomic E-state index is 0.180. The molecule has 0 radical (unpaired) electrons. The molecule has 0 heterocycles. The lowest BCUT2D eigenvalue weighted by atomic mass is 10.1. The molecule has 0 saturated heterocycles. The van der Waals surface area contributed by atoms with Crippen LogP contribution in [-0.2, 0) is 16.1 Å². The van der Waals surface area contributed by atoms with Crippen LogP contribution in [0.4, 0.5) is 0 Å². The van der Waals surface area contributed by atoms with Crippen molar-refractivity contribution in [1.29, 1.82) is 0 Å². The number of aliphatic carboxylic acids is 1. The van der Waals surface area contributed by atoms with Crippen molar-refractivity contribution in [2.45, 2.75) is 44.4 Å². The van der Waals surface area contributed by atoms with Crippen molar-refractivity contribution in [2.24, 2.45) is 0 Å². The first kappa shape index (κ1) is 15.0. The average molecular weight is 277 g/mol. The summed E-state index contributed by atoms with van der Waals surface area (Å²) in [6.45, 7) is 1.37. The van der Waals surface area contributed by atoms with Crippen LogP contribution in [0.2, 0.25) is 0 Å². The monoisotopic (exact) mass is 277 g/mol. The summed E-state index contributed by atoms with van der Waals surface area (Å²) in [6, 6.07) is 10.5. The first-order chi connectivity index (χ1) is 9.70. The van der Waals surface area contributed by atoms with Crippen molar-refractivity contribution in [3.63, 3.8) is 0 Å². The minimum Gasteiger partial charge on any atom is -0.481 e. The molecule has 0 bridgehead atoms. The van der Waals surface area contributed by atoms with E-state index in [2.05, 4.69) is 17.0 Å². The Morgan fingerprint density at radius 1 is 1.35 bits per heavy atom. The summed E-state index contributed by atoms with van der Waals surface area (Å²) in [5, 5.41) is 8.94. The van der Waals surface area contributed by atoms with E-state index in [1.165, 1.54) is 5.56 Å². The summed E-state index contributed by atoms with van der Waals surface area (Å²) in [6.07, 6.45) is 3.72. The Kier molecular flexibility index (Phi) is 5.56. The standard InChI is InChI=1S/C16H23NO3/c1-20-15-9-5-8-14(15)17(11-10-16(18)19)12-13-6-3-2-4-7-13/h2-4,6-7,14-15H,5,8-12H2,1H3,(H,18,19). The number of carbonyl (C=O) groups is 1. The van der Waals surface area contributed by atoms with Crippen LogP contribution in [-0.4, -0.2) is 41.8 Å². The van der Waals surface area contributed by atoms with Gasteiger partial charge in [-0.1, -0.05) is 30.3 Å². The maximum Gasteiger partial charge on any atom is 0.304 e. The summed E-state index contributed by atoms with van der Waals surface area (Å²) < 4.78 is 5.56. The number of hydrogen-bond acceptors (Lipinski definition) is 3. The lowest BCUT2D eigenvalue weighted by Gasteiger charge is -2.32. The quantitative estimate of drug-likeness (QED) is 0.832. The van der Waals surface area contributed by atoms with Gasteiger partial charge in [0.05, 0.1) is 12.5 Å². The van der Waals surface area contributed by atoms with E-state index in [4.69, 9.17) is 9.84 Å². The Labute approximate surface area is 120 Å². The fraction of sp³-hybridized carbons (Fsp3) is 0.562.